The second-order valence-electron chi connectivity index (χ2n) is 5.80. The van der Waals surface area contributed by atoms with Crippen LogP contribution in [0.2, 0.25) is 0 Å². The molecule has 0 aliphatic rings. The van der Waals surface area contributed by atoms with Crippen LogP contribution in [0, 0.1) is 0 Å². The number of carbonyl (C=O) groups is 1. The van der Waals surface area contributed by atoms with Crippen molar-refractivity contribution in [2.75, 3.05) is 18.4 Å². The third-order valence-electron chi connectivity index (χ3n) is 3.80. The van der Waals surface area contributed by atoms with Gasteiger partial charge in [0.1, 0.15) is 5.75 Å². The summed E-state index contributed by atoms with van der Waals surface area (Å²) in [4.78, 5) is 11.9. The molecule has 4 nitrogen and oxygen atoms in total. The normalized spacial score (nSPS) is 11.6. The van der Waals surface area contributed by atoms with Crippen LogP contribution in [0.5, 0.6) is 5.75 Å². The van der Waals surface area contributed by atoms with Gasteiger partial charge in [0, 0.05) is 12.2 Å². The van der Waals surface area contributed by atoms with Gasteiger partial charge in [-0.1, -0.05) is 37.3 Å². The van der Waals surface area contributed by atoms with Gasteiger partial charge in [-0.15, -0.1) is 0 Å². The van der Waals surface area contributed by atoms with Crippen LogP contribution in [-0.4, -0.2) is 25.1 Å². The molecule has 0 aromatic heterocycles. The topological polar surface area (TPSA) is 50.4 Å². The maximum absolute atomic E-state index is 11.9. The van der Waals surface area contributed by atoms with E-state index in [2.05, 4.69) is 29.7 Å². The molecule has 24 heavy (non-hydrogen) atoms. The van der Waals surface area contributed by atoms with Crippen LogP contribution in [0.25, 0.3) is 0 Å². The lowest BCUT2D eigenvalue weighted by atomic mass is 10.1. The lowest BCUT2D eigenvalue weighted by Crippen LogP contribution is -2.31. The molecule has 0 bridgehead atoms. The molecule has 0 heterocycles. The smallest absolute Gasteiger partial charge is 0.239 e. The Balaban J connectivity index is 1.67. The van der Waals surface area contributed by atoms with Gasteiger partial charge in [-0.25, -0.2) is 0 Å². The van der Waals surface area contributed by atoms with E-state index in [4.69, 9.17) is 4.74 Å². The van der Waals surface area contributed by atoms with Crippen molar-refractivity contribution in [1.29, 1.82) is 0 Å². The van der Waals surface area contributed by atoms with Crippen LogP contribution in [0.3, 0.4) is 0 Å². The van der Waals surface area contributed by atoms with Crippen molar-refractivity contribution in [3.63, 3.8) is 0 Å². The molecule has 0 saturated heterocycles. The van der Waals surface area contributed by atoms with Crippen molar-refractivity contribution < 1.29 is 9.53 Å². The van der Waals surface area contributed by atoms with E-state index in [1.54, 1.807) is 0 Å². The minimum atomic E-state index is -0.00846. The molecule has 1 amide bonds. The summed E-state index contributed by atoms with van der Waals surface area (Å²) in [6, 6.07) is 17.8. The number of anilines is 1. The van der Waals surface area contributed by atoms with Gasteiger partial charge in [-0.3, -0.25) is 4.79 Å². The van der Waals surface area contributed by atoms with E-state index in [0.29, 0.717) is 6.54 Å². The Morgan fingerprint density at radius 2 is 1.79 bits per heavy atom. The third kappa shape index (κ3) is 6.32. The van der Waals surface area contributed by atoms with Gasteiger partial charge < -0.3 is 15.4 Å². The van der Waals surface area contributed by atoms with Crippen molar-refractivity contribution in [3.05, 3.63) is 60.2 Å². The lowest BCUT2D eigenvalue weighted by molar-refractivity contribution is -0.119. The molecule has 2 rings (SSSR count). The Morgan fingerprint density at radius 1 is 1.08 bits per heavy atom. The van der Waals surface area contributed by atoms with Crippen LogP contribution in [-0.2, 0) is 11.2 Å². The summed E-state index contributed by atoms with van der Waals surface area (Å²) in [7, 11) is 0. The van der Waals surface area contributed by atoms with Crippen LogP contribution in [0.1, 0.15) is 25.8 Å². The van der Waals surface area contributed by atoms with Crippen molar-refractivity contribution >= 4 is 11.6 Å². The summed E-state index contributed by atoms with van der Waals surface area (Å²) in [5.74, 6) is 0.841. The summed E-state index contributed by atoms with van der Waals surface area (Å²) in [6.45, 7) is 5.05. The Labute approximate surface area is 144 Å². The molecule has 128 valence electrons. The van der Waals surface area contributed by atoms with E-state index < -0.39 is 0 Å². The van der Waals surface area contributed by atoms with Crippen molar-refractivity contribution in [2.45, 2.75) is 32.8 Å². The number of hydrogen-bond acceptors (Lipinski definition) is 3. The Morgan fingerprint density at radius 3 is 2.46 bits per heavy atom. The zero-order valence-electron chi connectivity index (χ0n) is 14.4. The average molecular weight is 326 g/mol. The van der Waals surface area contributed by atoms with Gasteiger partial charge in [0.15, 0.2) is 0 Å². The van der Waals surface area contributed by atoms with Crippen LogP contribution < -0.4 is 15.4 Å². The highest BCUT2D eigenvalue weighted by Crippen LogP contribution is 2.17. The van der Waals surface area contributed by atoms with E-state index in [1.165, 1.54) is 5.56 Å². The zero-order chi connectivity index (χ0) is 17.2. The second kappa shape index (κ2) is 9.60. The first-order chi connectivity index (χ1) is 11.7. The van der Waals surface area contributed by atoms with Gasteiger partial charge in [-0.05, 0) is 49.6 Å². The molecule has 0 spiro atoms. The molecule has 2 N–H and O–H groups in total. The highest BCUT2D eigenvalue weighted by molar-refractivity contribution is 5.80. The highest BCUT2D eigenvalue weighted by atomic mass is 16.5. The van der Waals surface area contributed by atoms with Crippen LogP contribution in [0.15, 0.2) is 54.6 Å². The maximum Gasteiger partial charge on any atom is 0.239 e. The summed E-state index contributed by atoms with van der Waals surface area (Å²) < 4.78 is 5.73. The first kappa shape index (κ1) is 17.9. The second-order valence-corrected chi connectivity index (χ2v) is 5.80. The summed E-state index contributed by atoms with van der Waals surface area (Å²) in [5.41, 5.74) is 2.13. The maximum atomic E-state index is 11.9. The molecule has 0 fully saturated rings. The van der Waals surface area contributed by atoms with E-state index in [1.807, 2.05) is 49.4 Å². The molecular formula is C20H26N2O2. The molecule has 0 aliphatic carbocycles. The van der Waals surface area contributed by atoms with Crippen LogP contribution >= 0.6 is 0 Å². The minimum Gasteiger partial charge on any atom is -0.491 e. The molecule has 0 radical (unpaired) electrons. The largest absolute Gasteiger partial charge is 0.491 e. The van der Waals surface area contributed by atoms with E-state index in [-0.39, 0.29) is 18.6 Å². The molecule has 1 atom stereocenters. The SMILES string of the molecule is CCC(C)Oc1ccc(NCC(=O)NCCc2ccccc2)cc1. The fourth-order valence-electron chi connectivity index (χ4n) is 2.20. The predicted molar refractivity (Wildman–Crippen MR) is 98.5 cm³/mol. The quantitative estimate of drug-likeness (QED) is 0.740. The number of amides is 1. The van der Waals surface area contributed by atoms with Crippen molar-refractivity contribution in [1.82, 2.24) is 5.32 Å². The summed E-state index contributed by atoms with van der Waals surface area (Å²) in [6.07, 6.45) is 2.02. The van der Waals surface area contributed by atoms with Gasteiger partial charge in [0.25, 0.3) is 0 Å². The third-order valence-corrected chi connectivity index (χ3v) is 3.80. The summed E-state index contributed by atoms with van der Waals surface area (Å²) in [5, 5.41) is 6.04. The number of rotatable bonds is 9. The fraction of sp³-hybridized carbons (Fsp3) is 0.350. The van der Waals surface area contributed by atoms with Gasteiger partial charge >= 0.3 is 0 Å². The molecule has 2 aromatic rings. The number of hydrogen-bond donors (Lipinski definition) is 2. The predicted octanol–water partition coefficient (Wildman–Crippen LogP) is 3.63. The first-order valence-corrected chi connectivity index (χ1v) is 8.48. The molecule has 0 aliphatic heterocycles. The van der Waals surface area contributed by atoms with E-state index in [0.717, 1.165) is 24.3 Å². The minimum absolute atomic E-state index is 0.00846. The summed E-state index contributed by atoms with van der Waals surface area (Å²) >= 11 is 0. The zero-order valence-corrected chi connectivity index (χ0v) is 14.4. The Hall–Kier alpha value is -2.49. The molecule has 2 aromatic carbocycles. The number of ether oxygens (including phenoxy) is 1. The van der Waals surface area contributed by atoms with E-state index in [9.17, 15) is 4.79 Å². The van der Waals surface area contributed by atoms with Crippen molar-refractivity contribution in [2.24, 2.45) is 0 Å². The van der Waals surface area contributed by atoms with E-state index >= 15 is 0 Å². The monoisotopic (exact) mass is 326 g/mol. The fourth-order valence-corrected chi connectivity index (χ4v) is 2.20. The van der Waals surface area contributed by atoms with Crippen LogP contribution in [0.4, 0.5) is 5.69 Å². The first-order valence-electron chi connectivity index (χ1n) is 8.48. The van der Waals surface area contributed by atoms with Gasteiger partial charge in [0.2, 0.25) is 5.91 Å². The van der Waals surface area contributed by atoms with Gasteiger partial charge in [-0.2, -0.15) is 0 Å². The molecule has 4 heteroatoms. The Bertz CT molecular complexity index is 611. The molecular weight excluding hydrogens is 300 g/mol. The molecule has 1 unspecified atom stereocenters. The number of nitrogens with one attached hydrogen (secondary N) is 2. The standard InChI is InChI=1S/C20H26N2O2/c1-3-16(2)24-19-11-9-18(10-12-19)22-15-20(23)21-14-13-17-7-5-4-6-8-17/h4-12,16,22H,3,13-15H2,1-2H3,(H,21,23). The van der Waals surface area contributed by atoms with Crippen molar-refractivity contribution in [3.8, 4) is 5.75 Å². The highest BCUT2D eigenvalue weighted by Gasteiger charge is 2.03. The Kier molecular flexibility index (Phi) is 7.15. The van der Waals surface area contributed by atoms with Gasteiger partial charge in [0.05, 0.1) is 12.6 Å². The number of carbonyl (C=O) groups excluding carboxylic acids is 1. The molecule has 0 saturated carbocycles. The number of benzene rings is 2. The average Bonchev–Trinajstić information content (AvgIpc) is 2.62. The lowest BCUT2D eigenvalue weighted by Gasteiger charge is -2.13.